The minimum absolute atomic E-state index is 0.141. The molecule has 1 saturated heterocycles. The second-order valence-corrected chi connectivity index (χ2v) is 4.56. The lowest BCUT2D eigenvalue weighted by Gasteiger charge is -2.22. The molecular weight excluding hydrogens is 250 g/mol. The quantitative estimate of drug-likeness (QED) is 0.846. The predicted molar refractivity (Wildman–Crippen MR) is 69.4 cm³/mol. The summed E-state index contributed by atoms with van der Waals surface area (Å²) in [7, 11) is 1.70. The minimum Gasteiger partial charge on any atom is -0.338 e. The van der Waals surface area contributed by atoms with E-state index in [1.165, 1.54) is 18.2 Å². The van der Waals surface area contributed by atoms with Crippen molar-refractivity contribution in [2.45, 2.75) is 12.5 Å². The largest absolute Gasteiger partial charge is 0.338 e. The van der Waals surface area contributed by atoms with E-state index >= 15 is 0 Å². The molecule has 1 aromatic rings. The summed E-state index contributed by atoms with van der Waals surface area (Å²) < 4.78 is 26.8. The second-order valence-electron chi connectivity index (χ2n) is 4.56. The van der Waals surface area contributed by atoms with E-state index < -0.39 is 11.6 Å². The number of nitrogens with one attached hydrogen (secondary N) is 1. The molecule has 5 heteroatoms. The van der Waals surface area contributed by atoms with Crippen LogP contribution in [0, 0.1) is 11.6 Å². The van der Waals surface area contributed by atoms with Crippen LogP contribution in [0.2, 0.25) is 0 Å². The Balaban J connectivity index is 2.07. The second kappa shape index (κ2) is 5.93. The Hall–Kier alpha value is -1.75. The molecule has 19 heavy (non-hydrogen) atoms. The van der Waals surface area contributed by atoms with Gasteiger partial charge in [-0.2, -0.15) is 0 Å². The number of rotatable bonds is 3. The third-order valence-electron chi connectivity index (χ3n) is 3.32. The molecule has 0 bridgehead atoms. The molecular formula is C14H16F2N2O. The maximum atomic E-state index is 13.4. The fourth-order valence-corrected chi connectivity index (χ4v) is 2.09. The summed E-state index contributed by atoms with van der Waals surface area (Å²) in [5.74, 6) is -1.60. The van der Waals surface area contributed by atoms with E-state index in [1.807, 2.05) is 0 Å². The first-order chi connectivity index (χ1) is 9.09. The maximum absolute atomic E-state index is 13.4. The molecule has 0 radical (unpaired) electrons. The van der Waals surface area contributed by atoms with Gasteiger partial charge in [-0.3, -0.25) is 4.79 Å². The number of hydrogen-bond acceptors (Lipinski definition) is 2. The lowest BCUT2D eigenvalue weighted by molar-refractivity contribution is -0.126. The minimum atomic E-state index is -0.672. The predicted octanol–water partition coefficient (Wildman–Crippen LogP) is 1.80. The molecule has 1 unspecified atom stereocenters. The van der Waals surface area contributed by atoms with Crippen LogP contribution >= 0.6 is 0 Å². The van der Waals surface area contributed by atoms with Crippen LogP contribution in [0.1, 0.15) is 12.0 Å². The molecule has 1 heterocycles. The molecule has 1 N–H and O–H groups in total. The Labute approximate surface area is 110 Å². The number of amides is 1. The molecule has 1 atom stereocenters. The first kappa shape index (κ1) is 13.7. The molecule has 1 aliphatic rings. The number of carbonyl (C=O) groups excluding carboxylic acids is 1. The van der Waals surface area contributed by atoms with Crippen LogP contribution in [-0.2, 0) is 4.79 Å². The lowest BCUT2D eigenvalue weighted by atomic mass is 10.1. The van der Waals surface area contributed by atoms with E-state index in [4.69, 9.17) is 0 Å². The van der Waals surface area contributed by atoms with Crippen molar-refractivity contribution in [1.29, 1.82) is 0 Å². The van der Waals surface area contributed by atoms with Crippen molar-refractivity contribution in [3.63, 3.8) is 0 Å². The Bertz CT molecular complexity index is 476. The van der Waals surface area contributed by atoms with Gasteiger partial charge in [-0.1, -0.05) is 6.07 Å². The lowest BCUT2D eigenvalue weighted by Crippen LogP contribution is -2.37. The molecule has 102 valence electrons. The Morgan fingerprint density at radius 2 is 2.11 bits per heavy atom. The molecule has 2 rings (SSSR count). The molecule has 1 fully saturated rings. The van der Waals surface area contributed by atoms with Crippen LogP contribution < -0.4 is 5.32 Å². The summed E-state index contributed by atoms with van der Waals surface area (Å²) in [6, 6.07) is 3.76. The Morgan fingerprint density at radius 3 is 2.68 bits per heavy atom. The van der Waals surface area contributed by atoms with E-state index in [-0.39, 0.29) is 17.5 Å². The standard InChI is InChI=1S/C14H16F2N2O/c1-18(10-7-8-17-9-10)14(19)6-5-11-12(15)3-2-4-13(11)16/h2-6,10,17H,7-9H2,1H3. The zero-order chi connectivity index (χ0) is 13.8. The van der Waals surface area contributed by atoms with Crippen molar-refractivity contribution in [3.8, 4) is 0 Å². The van der Waals surface area contributed by atoms with E-state index in [1.54, 1.807) is 11.9 Å². The van der Waals surface area contributed by atoms with Gasteiger partial charge in [0.25, 0.3) is 0 Å². The number of nitrogens with zero attached hydrogens (tertiary/aromatic N) is 1. The highest BCUT2D eigenvalue weighted by Gasteiger charge is 2.21. The highest BCUT2D eigenvalue weighted by molar-refractivity contribution is 5.91. The summed E-state index contributed by atoms with van der Waals surface area (Å²) in [5.41, 5.74) is -0.186. The van der Waals surface area contributed by atoms with Crippen molar-refractivity contribution in [2.75, 3.05) is 20.1 Å². The van der Waals surface area contributed by atoms with Crippen LogP contribution in [0.25, 0.3) is 6.08 Å². The monoisotopic (exact) mass is 266 g/mol. The first-order valence-electron chi connectivity index (χ1n) is 6.19. The highest BCUT2D eigenvalue weighted by atomic mass is 19.1. The van der Waals surface area contributed by atoms with Gasteiger partial charge in [0, 0.05) is 31.3 Å². The van der Waals surface area contributed by atoms with Gasteiger partial charge in [0.1, 0.15) is 11.6 Å². The number of benzene rings is 1. The maximum Gasteiger partial charge on any atom is 0.246 e. The van der Waals surface area contributed by atoms with Crippen LogP contribution in [-0.4, -0.2) is 37.0 Å². The number of carbonyl (C=O) groups is 1. The molecule has 0 spiro atoms. The van der Waals surface area contributed by atoms with Crippen LogP contribution in [0.3, 0.4) is 0 Å². The molecule has 0 saturated carbocycles. The summed E-state index contributed by atoms with van der Waals surface area (Å²) in [6.45, 7) is 1.64. The van der Waals surface area contributed by atoms with E-state index in [2.05, 4.69) is 5.32 Å². The van der Waals surface area contributed by atoms with E-state index in [0.29, 0.717) is 0 Å². The van der Waals surface area contributed by atoms with Gasteiger partial charge in [0.05, 0.1) is 0 Å². The summed E-state index contributed by atoms with van der Waals surface area (Å²) in [4.78, 5) is 13.5. The van der Waals surface area contributed by atoms with Crippen molar-refractivity contribution < 1.29 is 13.6 Å². The number of halogens is 2. The Morgan fingerprint density at radius 1 is 1.42 bits per heavy atom. The van der Waals surface area contributed by atoms with Crippen LogP contribution in [0.5, 0.6) is 0 Å². The number of hydrogen-bond donors (Lipinski definition) is 1. The Kier molecular flexibility index (Phi) is 4.27. The molecule has 0 aliphatic carbocycles. The zero-order valence-electron chi connectivity index (χ0n) is 10.7. The third-order valence-corrected chi connectivity index (χ3v) is 3.32. The third kappa shape index (κ3) is 3.17. The van der Waals surface area contributed by atoms with Gasteiger partial charge in [0.2, 0.25) is 5.91 Å². The van der Waals surface area contributed by atoms with Gasteiger partial charge >= 0.3 is 0 Å². The summed E-state index contributed by atoms with van der Waals surface area (Å²) in [6.07, 6.45) is 3.29. The highest BCUT2D eigenvalue weighted by Crippen LogP contribution is 2.14. The normalized spacial score (nSPS) is 19.0. The molecule has 1 aromatic carbocycles. The van der Waals surface area contributed by atoms with E-state index in [0.717, 1.165) is 31.6 Å². The van der Waals surface area contributed by atoms with Crippen molar-refractivity contribution >= 4 is 12.0 Å². The number of likely N-dealkylation sites (N-methyl/N-ethyl adjacent to an activating group) is 1. The zero-order valence-corrected chi connectivity index (χ0v) is 10.7. The van der Waals surface area contributed by atoms with Gasteiger partial charge < -0.3 is 10.2 Å². The molecule has 3 nitrogen and oxygen atoms in total. The van der Waals surface area contributed by atoms with Crippen LogP contribution in [0.4, 0.5) is 8.78 Å². The average Bonchev–Trinajstić information content (AvgIpc) is 2.90. The van der Waals surface area contributed by atoms with Crippen molar-refractivity contribution in [2.24, 2.45) is 0 Å². The fourth-order valence-electron chi connectivity index (χ4n) is 2.09. The van der Waals surface area contributed by atoms with Gasteiger partial charge in [-0.25, -0.2) is 8.78 Å². The smallest absolute Gasteiger partial charge is 0.246 e. The van der Waals surface area contributed by atoms with Gasteiger partial charge in [-0.05, 0) is 31.2 Å². The molecule has 1 amide bonds. The summed E-state index contributed by atoms with van der Waals surface area (Å²) >= 11 is 0. The van der Waals surface area contributed by atoms with Crippen molar-refractivity contribution in [1.82, 2.24) is 10.2 Å². The molecule has 1 aliphatic heterocycles. The van der Waals surface area contributed by atoms with Gasteiger partial charge in [-0.15, -0.1) is 0 Å². The van der Waals surface area contributed by atoms with Gasteiger partial charge in [0.15, 0.2) is 0 Å². The SMILES string of the molecule is CN(C(=O)C=Cc1c(F)cccc1F)C1CCNC1. The van der Waals surface area contributed by atoms with Crippen molar-refractivity contribution in [3.05, 3.63) is 41.5 Å². The summed E-state index contributed by atoms with van der Waals surface area (Å²) in [5, 5.41) is 3.16. The molecule has 0 aromatic heterocycles. The fraction of sp³-hybridized carbons (Fsp3) is 0.357. The first-order valence-corrected chi connectivity index (χ1v) is 6.19. The van der Waals surface area contributed by atoms with Crippen LogP contribution in [0.15, 0.2) is 24.3 Å². The topological polar surface area (TPSA) is 32.3 Å². The average molecular weight is 266 g/mol. The van der Waals surface area contributed by atoms with E-state index in [9.17, 15) is 13.6 Å².